The summed E-state index contributed by atoms with van der Waals surface area (Å²) < 4.78 is 11.0. The third kappa shape index (κ3) is 3.90. The van der Waals surface area contributed by atoms with E-state index < -0.39 is 4.92 Å². The van der Waals surface area contributed by atoms with Crippen LogP contribution in [0.15, 0.2) is 12.1 Å². The van der Waals surface area contributed by atoms with Crippen LogP contribution >= 0.6 is 0 Å². The molecular weight excluding hydrogens is 348 g/mol. The SMILES string of the molecule is CCCOc1c(OC)cc(-c2n[nH]c3c2CN(CCC)CC3)cc1[N+](=O)[O-]. The van der Waals surface area contributed by atoms with E-state index in [4.69, 9.17) is 9.47 Å². The number of benzene rings is 1. The maximum Gasteiger partial charge on any atom is 0.315 e. The van der Waals surface area contributed by atoms with Crippen LogP contribution in [0.25, 0.3) is 11.3 Å². The lowest BCUT2D eigenvalue weighted by atomic mass is 10.00. The molecule has 0 bridgehead atoms. The number of nitrogens with zero attached hydrogens (tertiary/aromatic N) is 3. The van der Waals surface area contributed by atoms with Gasteiger partial charge in [0.15, 0.2) is 5.75 Å². The van der Waals surface area contributed by atoms with E-state index in [1.807, 2.05) is 6.92 Å². The van der Waals surface area contributed by atoms with Gasteiger partial charge in [-0.1, -0.05) is 13.8 Å². The summed E-state index contributed by atoms with van der Waals surface area (Å²) in [5, 5.41) is 19.2. The van der Waals surface area contributed by atoms with Crippen LogP contribution in [0, 0.1) is 10.1 Å². The highest BCUT2D eigenvalue weighted by Gasteiger charge is 2.27. The van der Waals surface area contributed by atoms with E-state index in [0.717, 1.165) is 55.8 Å². The fraction of sp³-hybridized carbons (Fsp3) is 0.526. The monoisotopic (exact) mass is 374 g/mol. The molecule has 1 N–H and O–H groups in total. The van der Waals surface area contributed by atoms with E-state index in [9.17, 15) is 10.1 Å². The zero-order chi connectivity index (χ0) is 19.4. The standard InChI is InChI=1S/C19H26N4O4/c1-4-7-22-8-6-15-14(12-22)18(21-20-15)13-10-16(23(24)25)19(27-9-5-2)17(11-13)26-3/h10-11H,4-9,12H2,1-3H3,(H,20,21). The second-order valence-corrected chi connectivity index (χ2v) is 6.69. The van der Waals surface area contributed by atoms with Crippen molar-refractivity contribution in [2.45, 2.75) is 39.7 Å². The lowest BCUT2D eigenvalue weighted by Crippen LogP contribution is -2.31. The molecule has 146 valence electrons. The number of hydrogen-bond acceptors (Lipinski definition) is 6. The van der Waals surface area contributed by atoms with Gasteiger partial charge < -0.3 is 9.47 Å². The van der Waals surface area contributed by atoms with Gasteiger partial charge in [0, 0.05) is 42.4 Å². The first-order valence-electron chi connectivity index (χ1n) is 9.37. The Hall–Kier alpha value is -2.61. The Morgan fingerprint density at radius 3 is 2.81 bits per heavy atom. The minimum absolute atomic E-state index is 0.101. The zero-order valence-corrected chi connectivity index (χ0v) is 16.1. The van der Waals surface area contributed by atoms with Crippen molar-refractivity contribution in [2.75, 3.05) is 26.8 Å². The number of nitrogens with one attached hydrogen (secondary N) is 1. The molecule has 2 heterocycles. The zero-order valence-electron chi connectivity index (χ0n) is 16.1. The Balaban J connectivity index is 2.04. The number of rotatable bonds is 8. The largest absolute Gasteiger partial charge is 0.493 e. The molecule has 1 aromatic carbocycles. The summed E-state index contributed by atoms with van der Waals surface area (Å²) in [6, 6.07) is 3.30. The van der Waals surface area contributed by atoms with Gasteiger partial charge >= 0.3 is 5.69 Å². The van der Waals surface area contributed by atoms with Gasteiger partial charge in [-0.25, -0.2) is 0 Å². The third-order valence-electron chi connectivity index (χ3n) is 4.73. The molecule has 0 amide bonds. The van der Waals surface area contributed by atoms with Crippen molar-refractivity contribution in [3.63, 3.8) is 0 Å². The maximum atomic E-state index is 11.6. The van der Waals surface area contributed by atoms with E-state index in [0.29, 0.717) is 17.9 Å². The van der Waals surface area contributed by atoms with Crippen molar-refractivity contribution < 1.29 is 14.4 Å². The predicted octanol–water partition coefficient (Wildman–Crippen LogP) is 3.55. The minimum Gasteiger partial charge on any atom is -0.493 e. The Kier molecular flexibility index (Phi) is 5.95. The molecule has 8 nitrogen and oxygen atoms in total. The molecule has 1 aliphatic rings. The molecule has 1 aromatic heterocycles. The second-order valence-electron chi connectivity index (χ2n) is 6.69. The van der Waals surface area contributed by atoms with Gasteiger partial charge in [0.25, 0.3) is 0 Å². The fourth-order valence-electron chi connectivity index (χ4n) is 3.46. The first kappa shape index (κ1) is 19.2. The quantitative estimate of drug-likeness (QED) is 0.561. The number of methoxy groups -OCH3 is 1. The summed E-state index contributed by atoms with van der Waals surface area (Å²) in [6.07, 6.45) is 2.74. The summed E-state index contributed by atoms with van der Waals surface area (Å²) in [7, 11) is 1.49. The Morgan fingerprint density at radius 2 is 2.15 bits per heavy atom. The van der Waals surface area contributed by atoms with E-state index in [1.54, 1.807) is 6.07 Å². The van der Waals surface area contributed by atoms with Crippen molar-refractivity contribution in [3.8, 4) is 22.8 Å². The van der Waals surface area contributed by atoms with Crippen molar-refractivity contribution in [3.05, 3.63) is 33.5 Å². The molecule has 1 aliphatic heterocycles. The molecule has 0 spiro atoms. The summed E-state index contributed by atoms with van der Waals surface area (Å²) >= 11 is 0. The topological polar surface area (TPSA) is 93.5 Å². The molecule has 0 unspecified atom stereocenters. The number of nitro groups is 1. The lowest BCUT2D eigenvalue weighted by molar-refractivity contribution is -0.385. The summed E-state index contributed by atoms with van der Waals surface area (Å²) in [5.41, 5.74) is 3.52. The fourth-order valence-corrected chi connectivity index (χ4v) is 3.46. The van der Waals surface area contributed by atoms with Crippen LogP contribution in [0.1, 0.15) is 37.9 Å². The Bertz CT molecular complexity index is 818. The van der Waals surface area contributed by atoms with Crippen LogP contribution in [-0.2, 0) is 13.0 Å². The van der Waals surface area contributed by atoms with Crippen LogP contribution in [-0.4, -0.2) is 46.8 Å². The summed E-state index contributed by atoms with van der Waals surface area (Å²) in [5.74, 6) is 0.524. The molecule has 8 heteroatoms. The predicted molar refractivity (Wildman–Crippen MR) is 102 cm³/mol. The molecule has 2 aromatic rings. The van der Waals surface area contributed by atoms with Gasteiger partial charge in [0.05, 0.1) is 24.3 Å². The maximum absolute atomic E-state index is 11.6. The number of hydrogen-bond donors (Lipinski definition) is 1. The third-order valence-corrected chi connectivity index (χ3v) is 4.73. The Morgan fingerprint density at radius 1 is 1.33 bits per heavy atom. The molecular formula is C19H26N4O4. The number of H-pyrrole nitrogens is 1. The van der Waals surface area contributed by atoms with Crippen molar-refractivity contribution in [1.29, 1.82) is 0 Å². The van der Waals surface area contributed by atoms with E-state index in [2.05, 4.69) is 22.0 Å². The van der Waals surface area contributed by atoms with Gasteiger partial charge in [-0.15, -0.1) is 0 Å². The number of aromatic nitrogens is 2. The van der Waals surface area contributed by atoms with Crippen molar-refractivity contribution >= 4 is 5.69 Å². The highest BCUT2D eigenvalue weighted by atomic mass is 16.6. The summed E-state index contributed by atoms with van der Waals surface area (Å²) in [6.45, 7) is 7.31. The van der Waals surface area contributed by atoms with Crippen LogP contribution in [0.5, 0.6) is 11.5 Å². The number of nitro benzene ring substituents is 1. The molecule has 27 heavy (non-hydrogen) atoms. The highest BCUT2D eigenvalue weighted by molar-refractivity contribution is 5.73. The van der Waals surface area contributed by atoms with E-state index in [1.165, 1.54) is 13.2 Å². The second kappa shape index (κ2) is 8.39. The Labute approximate surface area is 158 Å². The normalized spacial score (nSPS) is 14.0. The first-order valence-corrected chi connectivity index (χ1v) is 9.37. The minimum atomic E-state index is -0.431. The van der Waals surface area contributed by atoms with Crippen molar-refractivity contribution in [1.82, 2.24) is 15.1 Å². The number of ether oxygens (including phenoxy) is 2. The van der Waals surface area contributed by atoms with Crippen LogP contribution in [0.3, 0.4) is 0 Å². The first-order chi connectivity index (χ1) is 13.1. The van der Waals surface area contributed by atoms with Gasteiger partial charge in [0.2, 0.25) is 5.75 Å². The van der Waals surface area contributed by atoms with E-state index >= 15 is 0 Å². The average molecular weight is 374 g/mol. The van der Waals surface area contributed by atoms with Crippen LogP contribution < -0.4 is 9.47 Å². The highest BCUT2D eigenvalue weighted by Crippen LogP contribution is 2.42. The smallest absolute Gasteiger partial charge is 0.315 e. The van der Waals surface area contributed by atoms with Gasteiger partial charge in [-0.3, -0.25) is 20.1 Å². The van der Waals surface area contributed by atoms with Crippen molar-refractivity contribution in [2.24, 2.45) is 0 Å². The lowest BCUT2D eigenvalue weighted by Gasteiger charge is -2.26. The number of aromatic amines is 1. The molecule has 0 fully saturated rings. The molecule has 0 aliphatic carbocycles. The molecule has 0 saturated heterocycles. The number of fused-ring (bicyclic) bond motifs is 1. The van der Waals surface area contributed by atoms with E-state index in [-0.39, 0.29) is 11.4 Å². The van der Waals surface area contributed by atoms with Gasteiger partial charge in [0.1, 0.15) is 0 Å². The van der Waals surface area contributed by atoms with Gasteiger partial charge in [-0.05, 0) is 25.5 Å². The average Bonchev–Trinajstić information content (AvgIpc) is 3.09. The van der Waals surface area contributed by atoms with Crippen LogP contribution in [0.2, 0.25) is 0 Å². The summed E-state index contributed by atoms with van der Waals surface area (Å²) in [4.78, 5) is 13.6. The molecule has 0 saturated carbocycles. The van der Waals surface area contributed by atoms with Gasteiger partial charge in [-0.2, -0.15) is 5.10 Å². The van der Waals surface area contributed by atoms with Crippen LogP contribution in [0.4, 0.5) is 5.69 Å². The molecule has 3 rings (SSSR count). The molecule has 0 atom stereocenters. The molecule has 0 radical (unpaired) electrons.